The Morgan fingerprint density at radius 1 is 1.62 bits per heavy atom. The molecule has 13 heavy (non-hydrogen) atoms. The lowest BCUT2D eigenvalue weighted by Crippen LogP contribution is -2.07. The fourth-order valence-corrected chi connectivity index (χ4v) is 0.884. The number of carbonyl (C=O) groups is 1. The van der Waals surface area contributed by atoms with Gasteiger partial charge in [0.25, 0.3) is 5.56 Å². The summed E-state index contributed by atoms with van der Waals surface area (Å²) in [6.07, 6.45) is 3.91. The molecule has 0 aromatic carbocycles. The minimum absolute atomic E-state index is 0.160. The number of rotatable bonds is 2. The molecule has 1 aromatic rings. The van der Waals surface area contributed by atoms with Crippen LogP contribution in [0.25, 0.3) is 6.08 Å². The second-order valence-corrected chi connectivity index (χ2v) is 2.62. The van der Waals surface area contributed by atoms with Gasteiger partial charge in [0, 0.05) is 17.8 Å². The number of nitrogens with one attached hydrogen (secondary N) is 1. The van der Waals surface area contributed by atoms with Crippen LogP contribution < -0.4 is 5.56 Å². The molecule has 0 fully saturated rings. The number of H-pyrrole nitrogens is 1. The number of pyridine rings is 1. The third-order valence-corrected chi connectivity index (χ3v) is 1.53. The summed E-state index contributed by atoms with van der Waals surface area (Å²) in [6, 6.07) is 1.62. The van der Waals surface area contributed by atoms with E-state index in [1.54, 1.807) is 13.0 Å². The van der Waals surface area contributed by atoms with Crippen LogP contribution in [-0.4, -0.2) is 16.1 Å². The second kappa shape index (κ2) is 3.71. The first-order valence-corrected chi connectivity index (χ1v) is 3.70. The summed E-state index contributed by atoms with van der Waals surface area (Å²) in [6.45, 7) is 1.66. The number of carboxylic acid groups (broad SMARTS) is 1. The maximum absolute atomic E-state index is 10.9. The van der Waals surface area contributed by atoms with Crippen LogP contribution in [0.5, 0.6) is 0 Å². The molecule has 1 rings (SSSR count). The first kappa shape index (κ1) is 9.25. The van der Waals surface area contributed by atoms with E-state index >= 15 is 0 Å². The van der Waals surface area contributed by atoms with Crippen LogP contribution in [-0.2, 0) is 4.79 Å². The number of aliphatic carboxylic acids is 1. The highest BCUT2D eigenvalue weighted by Crippen LogP contribution is 1.99. The van der Waals surface area contributed by atoms with Crippen LogP contribution in [0, 0.1) is 6.92 Å². The van der Waals surface area contributed by atoms with Crippen molar-refractivity contribution in [2.24, 2.45) is 0 Å². The van der Waals surface area contributed by atoms with Crippen molar-refractivity contribution in [3.63, 3.8) is 0 Å². The Morgan fingerprint density at radius 3 is 2.85 bits per heavy atom. The average molecular weight is 179 g/mol. The Labute approximate surface area is 74.5 Å². The highest BCUT2D eigenvalue weighted by Gasteiger charge is 1.93. The number of hydrogen-bond acceptors (Lipinski definition) is 2. The zero-order valence-corrected chi connectivity index (χ0v) is 7.07. The smallest absolute Gasteiger partial charge is 0.328 e. The van der Waals surface area contributed by atoms with Crippen LogP contribution in [0.2, 0.25) is 0 Å². The van der Waals surface area contributed by atoms with Crippen LogP contribution in [0.1, 0.15) is 11.1 Å². The second-order valence-electron chi connectivity index (χ2n) is 2.62. The van der Waals surface area contributed by atoms with Crippen LogP contribution in [0.4, 0.5) is 0 Å². The number of carboxylic acids is 1. The van der Waals surface area contributed by atoms with Gasteiger partial charge >= 0.3 is 5.97 Å². The molecule has 0 atom stereocenters. The monoisotopic (exact) mass is 179 g/mol. The van der Waals surface area contributed by atoms with E-state index in [2.05, 4.69) is 4.98 Å². The number of aromatic amines is 1. The van der Waals surface area contributed by atoms with Crippen molar-refractivity contribution in [1.29, 1.82) is 0 Å². The lowest BCUT2D eigenvalue weighted by Gasteiger charge is -1.93. The predicted molar refractivity (Wildman–Crippen MR) is 48.5 cm³/mol. The lowest BCUT2D eigenvalue weighted by molar-refractivity contribution is -0.131. The van der Waals surface area contributed by atoms with Gasteiger partial charge < -0.3 is 10.1 Å². The van der Waals surface area contributed by atoms with Gasteiger partial charge in [-0.1, -0.05) is 0 Å². The Morgan fingerprint density at radius 2 is 2.31 bits per heavy atom. The van der Waals surface area contributed by atoms with Gasteiger partial charge in [-0.25, -0.2) is 4.79 Å². The Hall–Kier alpha value is -1.84. The molecule has 0 amide bonds. The third-order valence-electron chi connectivity index (χ3n) is 1.53. The average Bonchev–Trinajstić information content (AvgIpc) is 2.07. The van der Waals surface area contributed by atoms with Crippen molar-refractivity contribution < 1.29 is 9.90 Å². The third kappa shape index (κ3) is 2.59. The molecule has 0 radical (unpaired) electrons. The van der Waals surface area contributed by atoms with Crippen LogP contribution in [0.3, 0.4) is 0 Å². The highest BCUT2D eigenvalue weighted by molar-refractivity contribution is 5.85. The minimum Gasteiger partial charge on any atom is -0.478 e. The maximum Gasteiger partial charge on any atom is 0.328 e. The van der Waals surface area contributed by atoms with E-state index in [9.17, 15) is 9.59 Å². The molecular formula is C9H9NO3. The molecule has 2 N–H and O–H groups in total. The molecule has 0 aliphatic carbocycles. The molecule has 0 spiro atoms. The van der Waals surface area contributed by atoms with Gasteiger partial charge in [0.05, 0.1) is 0 Å². The van der Waals surface area contributed by atoms with Crippen molar-refractivity contribution in [1.82, 2.24) is 4.98 Å². The molecule has 4 heteroatoms. The van der Waals surface area contributed by atoms with Gasteiger partial charge in [-0.3, -0.25) is 4.79 Å². The zero-order chi connectivity index (χ0) is 9.84. The molecule has 68 valence electrons. The van der Waals surface area contributed by atoms with E-state index in [4.69, 9.17) is 5.11 Å². The molecule has 1 heterocycles. The lowest BCUT2D eigenvalue weighted by atomic mass is 10.2. The van der Waals surface area contributed by atoms with Crippen molar-refractivity contribution in [2.45, 2.75) is 6.92 Å². The van der Waals surface area contributed by atoms with Crippen molar-refractivity contribution >= 4 is 12.0 Å². The summed E-state index contributed by atoms with van der Waals surface area (Å²) in [5.41, 5.74) is 1.07. The Kier molecular flexibility index (Phi) is 2.64. The van der Waals surface area contributed by atoms with Crippen LogP contribution in [0.15, 0.2) is 23.1 Å². The molecule has 1 aromatic heterocycles. The van der Waals surface area contributed by atoms with E-state index < -0.39 is 5.97 Å². The van der Waals surface area contributed by atoms with Gasteiger partial charge in [0.1, 0.15) is 0 Å². The first-order chi connectivity index (χ1) is 6.09. The molecule has 0 aliphatic rings. The minimum atomic E-state index is -1.01. The summed E-state index contributed by atoms with van der Waals surface area (Å²) < 4.78 is 0. The van der Waals surface area contributed by atoms with Crippen molar-refractivity contribution in [3.05, 3.63) is 39.8 Å². The zero-order valence-electron chi connectivity index (χ0n) is 7.07. The highest BCUT2D eigenvalue weighted by atomic mass is 16.4. The summed E-state index contributed by atoms with van der Waals surface area (Å²) in [5, 5.41) is 8.34. The topological polar surface area (TPSA) is 70.2 Å². The largest absolute Gasteiger partial charge is 0.478 e. The van der Waals surface area contributed by atoms with E-state index in [-0.39, 0.29) is 5.56 Å². The van der Waals surface area contributed by atoms with Crippen molar-refractivity contribution in [3.8, 4) is 0 Å². The molecule has 0 unspecified atom stereocenters. The van der Waals surface area contributed by atoms with Crippen LogP contribution >= 0.6 is 0 Å². The van der Waals surface area contributed by atoms with Gasteiger partial charge in [-0.2, -0.15) is 0 Å². The molecule has 0 bridgehead atoms. The first-order valence-electron chi connectivity index (χ1n) is 3.70. The molecule has 4 nitrogen and oxygen atoms in total. The summed E-state index contributed by atoms with van der Waals surface area (Å²) in [4.78, 5) is 23.6. The quantitative estimate of drug-likeness (QED) is 0.659. The Balaban J connectivity index is 2.98. The fraction of sp³-hybridized carbons (Fsp3) is 0.111. The number of hydrogen-bond donors (Lipinski definition) is 2. The molecular weight excluding hydrogens is 170 g/mol. The number of aromatic nitrogens is 1. The fourth-order valence-electron chi connectivity index (χ4n) is 0.884. The van der Waals surface area contributed by atoms with Gasteiger partial charge in [0.15, 0.2) is 0 Å². The van der Waals surface area contributed by atoms with Crippen molar-refractivity contribution in [2.75, 3.05) is 0 Å². The molecule has 0 saturated heterocycles. The van der Waals surface area contributed by atoms with E-state index in [1.165, 1.54) is 12.3 Å². The summed E-state index contributed by atoms with van der Waals surface area (Å²) in [7, 11) is 0. The van der Waals surface area contributed by atoms with E-state index in [1.807, 2.05) is 0 Å². The van der Waals surface area contributed by atoms with Gasteiger partial charge in [-0.15, -0.1) is 0 Å². The maximum atomic E-state index is 10.9. The predicted octanol–water partition coefficient (Wildman–Crippen LogP) is 0.781. The van der Waals surface area contributed by atoms with Gasteiger partial charge in [-0.05, 0) is 24.6 Å². The molecule has 0 aliphatic heterocycles. The molecule has 0 saturated carbocycles. The standard InChI is InChI=1S/C9H9NO3/c1-6-4-7(2-3-8(11)12)5-10-9(6)13/h2-5H,1H3,(H,10,13)(H,11,12). The Bertz CT molecular complexity index is 404. The number of aryl methyl sites for hydroxylation is 1. The van der Waals surface area contributed by atoms with E-state index in [0.717, 1.165) is 6.08 Å². The van der Waals surface area contributed by atoms with Gasteiger partial charge in [0.2, 0.25) is 0 Å². The SMILES string of the molecule is Cc1cc(C=CC(=O)O)c[nH]c1=O. The normalized spacial score (nSPS) is 10.5. The summed E-state index contributed by atoms with van der Waals surface area (Å²) >= 11 is 0. The van der Waals surface area contributed by atoms with E-state index in [0.29, 0.717) is 11.1 Å². The summed E-state index contributed by atoms with van der Waals surface area (Å²) in [5.74, 6) is -1.01.